The summed E-state index contributed by atoms with van der Waals surface area (Å²) in [5.74, 6) is 0.861. The van der Waals surface area contributed by atoms with E-state index >= 15 is 0 Å². The SMILES string of the molecule is OC(Cc1ccco1)C1(c2ccccc2)CC1. The van der Waals surface area contributed by atoms with E-state index in [1.54, 1.807) is 6.26 Å². The van der Waals surface area contributed by atoms with Gasteiger partial charge in [-0.3, -0.25) is 0 Å². The van der Waals surface area contributed by atoms with Crippen molar-refractivity contribution < 1.29 is 9.52 Å². The quantitative estimate of drug-likeness (QED) is 0.872. The molecule has 2 nitrogen and oxygen atoms in total. The van der Waals surface area contributed by atoms with Crippen LogP contribution in [0.15, 0.2) is 53.1 Å². The van der Waals surface area contributed by atoms with Crippen LogP contribution in [-0.4, -0.2) is 11.2 Å². The minimum absolute atomic E-state index is 0.0337. The predicted molar refractivity (Wildman–Crippen MR) is 65.8 cm³/mol. The molecule has 1 atom stereocenters. The Balaban J connectivity index is 1.80. The Morgan fingerprint density at radius 3 is 2.47 bits per heavy atom. The largest absolute Gasteiger partial charge is 0.469 e. The van der Waals surface area contributed by atoms with Gasteiger partial charge in [-0.15, -0.1) is 0 Å². The summed E-state index contributed by atoms with van der Waals surface area (Å²) in [7, 11) is 0. The van der Waals surface area contributed by atoms with Crippen LogP contribution in [0, 0.1) is 0 Å². The second kappa shape index (κ2) is 4.04. The van der Waals surface area contributed by atoms with Gasteiger partial charge in [0, 0.05) is 11.8 Å². The normalized spacial score (nSPS) is 18.9. The van der Waals surface area contributed by atoms with Crippen molar-refractivity contribution in [1.29, 1.82) is 0 Å². The molecular formula is C15H16O2. The maximum absolute atomic E-state index is 10.4. The molecule has 17 heavy (non-hydrogen) atoms. The van der Waals surface area contributed by atoms with Gasteiger partial charge in [-0.25, -0.2) is 0 Å². The van der Waals surface area contributed by atoms with Crippen LogP contribution in [0.1, 0.15) is 24.2 Å². The second-order valence-corrected chi connectivity index (χ2v) is 4.82. The fourth-order valence-electron chi connectivity index (χ4n) is 2.53. The summed E-state index contributed by atoms with van der Waals surface area (Å²) < 4.78 is 5.30. The van der Waals surface area contributed by atoms with Crippen LogP contribution in [-0.2, 0) is 11.8 Å². The maximum atomic E-state index is 10.4. The minimum atomic E-state index is -0.351. The van der Waals surface area contributed by atoms with Crippen molar-refractivity contribution >= 4 is 0 Å². The van der Waals surface area contributed by atoms with Crippen LogP contribution in [0.5, 0.6) is 0 Å². The third-order valence-electron chi connectivity index (χ3n) is 3.75. The number of hydrogen-bond acceptors (Lipinski definition) is 2. The average Bonchev–Trinajstić information content (AvgIpc) is 3.04. The Kier molecular flexibility index (Phi) is 2.52. The minimum Gasteiger partial charge on any atom is -0.469 e. The van der Waals surface area contributed by atoms with Crippen LogP contribution in [0.3, 0.4) is 0 Å². The smallest absolute Gasteiger partial charge is 0.106 e. The zero-order chi connectivity index (χ0) is 11.7. The highest BCUT2D eigenvalue weighted by molar-refractivity contribution is 5.33. The molecule has 1 heterocycles. The molecule has 0 spiro atoms. The first kappa shape index (κ1) is 10.6. The number of aliphatic hydroxyl groups excluding tert-OH is 1. The lowest BCUT2D eigenvalue weighted by atomic mass is 9.88. The summed E-state index contributed by atoms with van der Waals surface area (Å²) in [6.45, 7) is 0. The van der Waals surface area contributed by atoms with Gasteiger partial charge in [0.2, 0.25) is 0 Å². The molecule has 1 aromatic carbocycles. The van der Waals surface area contributed by atoms with Crippen LogP contribution in [0.25, 0.3) is 0 Å². The molecule has 0 aliphatic heterocycles. The molecule has 1 aliphatic carbocycles. The van der Waals surface area contributed by atoms with Crippen molar-refractivity contribution in [1.82, 2.24) is 0 Å². The van der Waals surface area contributed by atoms with Gasteiger partial charge in [-0.2, -0.15) is 0 Å². The van der Waals surface area contributed by atoms with E-state index in [1.165, 1.54) is 5.56 Å². The number of furan rings is 1. The van der Waals surface area contributed by atoms with E-state index in [1.807, 2.05) is 30.3 Å². The van der Waals surface area contributed by atoms with Crippen molar-refractivity contribution in [2.45, 2.75) is 30.8 Å². The molecule has 0 radical (unpaired) electrons. The number of hydrogen-bond donors (Lipinski definition) is 1. The Morgan fingerprint density at radius 2 is 1.88 bits per heavy atom. The molecule has 1 fully saturated rings. The first-order chi connectivity index (χ1) is 8.31. The van der Waals surface area contributed by atoms with Gasteiger partial charge in [0.15, 0.2) is 0 Å². The van der Waals surface area contributed by atoms with Gasteiger partial charge >= 0.3 is 0 Å². The van der Waals surface area contributed by atoms with Crippen molar-refractivity contribution in [3.63, 3.8) is 0 Å². The van der Waals surface area contributed by atoms with Gasteiger partial charge in [-0.05, 0) is 30.5 Å². The lowest BCUT2D eigenvalue weighted by molar-refractivity contribution is 0.125. The number of aliphatic hydroxyl groups is 1. The standard InChI is InChI=1S/C15H16O2/c16-14(11-13-7-4-10-17-13)15(8-9-15)12-5-2-1-3-6-12/h1-7,10,14,16H,8-9,11H2. The summed E-state index contributed by atoms with van der Waals surface area (Å²) in [6, 6.07) is 14.1. The molecule has 0 saturated heterocycles. The van der Waals surface area contributed by atoms with Crippen LogP contribution in [0.2, 0.25) is 0 Å². The molecule has 2 aromatic rings. The zero-order valence-corrected chi connectivity index (χ0v) is 9.67. The monoisotopic (exact) mass is 228 g/mol. The Labute approximate surface area is 101 Å². The lowest BCUT2D eigenvalue weighted by Gasteiger charge is -2.22. The summed E-state index contributed by atoms with van der Waals surface area (Å²) in [5.41, 5.74) is 1.22. The summed E-state index contributed by atoms with van der Waals surface area (Å²) in [5, 5.41) is 10.4. The first-order valence-electron chi connectivity index (χ1n) is 6.07. The molecule has 88 valence electrons. The van der Waals surface area contributed by atoms with Crippen LogP contribution in [0.4, 0.5) is 0 Å². The highest BCUT2D eigenvalue weighted by Crippen LogP contribution is 2.51. The second-order valence-electron chi connectivity index (χ2n) is 4.82. The fraction of sp³-hybridized carbons (Fsp3) is 0.333. The lowest BCUT2D eigenvalue weighted by Crippen LogP contribution is -2.28. The van der Waals surface area contributed by atoms with Gasteiger partial charge in [0.05, 0.1) is 12.4 Å². The molecule has 3 rings (SSSR count). The summed E-state index contributed by atoms with van der Waals surface area (Å²) in [6.07, 6.45) is 4.04. The summed E-state index contributed by atoms with van der Waals surface area (Å²) >= 11 is 0. The number of rotatable bonds is 4. The molecule has 1 saturated carbocycles. The van der Waals surface area contributed by atoms with E-state index in [9.17, 15) is 5.11 Å². The predicted octanol–water partition coefficient (Wildman–Crippen LogP) is 2.91. The van der Waals surface area contributed by atoms with Crippen molar-refractivity contribution in [3.05, 3.63) is 60.1 Å². The third kappa shape index (κ3) is 1.89. The molecule has 0 amide bonds. The van der Waals surface area contributed by atoms with Crippen molar-refractivity contribution in [2.24, 2.45) is 0 Å². The number of benzene rings is 1. The van der Waals surface area contributed by atoms with Crippen molar-refractivity contribution in [3.8, 4) is 0 Å². The Bertz CT molecular complexity index is 469. The molecule has 2 heteroatoms. The molecule has 0 bridgehead atoms. The van der Waals surface area contributed by atoms with Gasteiger partial charge < -0.3 is 9.52 Å². The molecule has 1 aliphatic rings. The molecule has 1 unspecified atom stereocenters. The van der Waals surface area contributed by atoms with Crippen molar-refractivity contribution in [2.75, 3.05) is 0 Å². The van der Waals surface area contributed by atoms with E-state index < -0.39 is 0 Å². The Hall–Kier alpha value is -1.54. The van der Waals surface area contributed by atoms with E-state index in [0.29, 0.717) is 6.42 Å². The van der Waals surface area contributed by atoms with Gasteiger partial charge in [-0.1, -0.05) is 30.3 Å². The fourth-order valence-corrected chi connectivity index (χ4v) is 2.53. The molecular weight excluding hydrogens is 212 g/mol. The van der Waals surface area contributed by atoms with Gasteiger partial charge in [0.1, 0.15) is 5.76 Å². The maximum Gasteiger partial charge on any atom is 0.106 e. The zero-order valence-electron chi connectivity index (χ0n) is 9.67. The Morgan fingerprint density at radius 1 is 1.12 bits per heavy atom. The highest BCUT2D eigenvalue weighted by atomic mass is 16.3. The van der Waals surface area contributed by atoms with E-state index in [-0.39, 0.29) is 11.5 Å². The van der Waals surface area contributed by atoms with E-state index in [0.717, 1.165) is 18.6 Å². The third-order valence-corrected chi connectivity index (χ3v) is 3.75. The van der Waals surface area contributed by atoms with Gasteiger partial charge in [0.25, 0.3) is 0 Å². The van der Waals surface area contributed by atoms with Crippen LogP contribution < -0.4 is 0 Å². The first-order valence-corrected chi connectivity index (χ1v) is 6.07. The molecule has 1 aromatic heterocycles. The topological polar surface area (TPSA) is 33.4 Å². The molecule has 1 N–H and O–H groups in total. The van der Waals surface area contributed by atoms with E-state index in [4.69, 9.17) is 4.42 Å². The average molecular weight is 228 g/mol. The van der Waals surface area contributed by atoms with E-state index in [2.05, 4.69) is 12.1 Å². The van der Waals surface area contributed by atoms with Crippen LogP contribution >= 0.6 is 0 Å². The summed E-state index contributed by atoms with van der Waals surface area (Å²) in [4.78, 5) is 0. The highest BCUT2D eigenvalue weighted by Gasteiger charge is 2.50.